The molecule has 27 heavy (non-hydrogen) atoms. The summed E-state index contributed by atoms with van der Waals surface area (Å²) in [5, 5.41) is 6.97. The first kappa shape index (κ1) is 19.5. The number of carbonyl (C=O) groups excluding carboxylic acids is 2. The lowest BCUT2D eigenvalue weighted by atomic mass is 10.0. The quantitative estimate of drug-likeness (QED) is 0.806. The van der Waals surface area contributed by atoms with Gasteiger partial charge in [-0.1, -0.05) is 38.1 Å². The van der Waals surface area contributed by atoms with E-state index in [1.54, 1.807) is 0 Å². The molecule has 0 unspecified atom stereocenters. The van der Waals surface area contributed by atoms with Gasteiger partial charge in [0, 0.05) is 32.0 Å². The molecule has 0 bridgehead atoms. The number of nitrogens with one attached hydrogen (secondary N) is 2. The van der Waals surface area contributed by atoms with Crippen LogP contribution in [0.15, 0.2) is 29.4 Å². The highest BCUT2D eigenvalue weighted by molar-refractivity contribution is 6.39. The summed E-state index contributed by atoms with van der Waals surface area (Å²) in [6.45, 7) is 7.29. The Bertz CT molecular complexity index is 697. The van der Waals surface area contributed by atoms with E-state index in [1.165, 1.54) is 11.1 Å². The van der Waals surface area contributed by atoms with Gasteiger partial charge in [0.05, 0.1) is 0 Å². The van der Waals surface area contributed by atoms with Gasteiger partial charge in [-0.3, -0.25) is 14.5 Å². The largest absolute Gasteiger partial charge is 0.347 e. The number of hydrogen-bond acceptors (Lipinski definition) is 4. The Kier molecular flexibility index (Phi) is 6.61. The van der Waals surface area contributed by atoms with E-state index in [1.807, 2.05) is 0 Å². The summed E-state index contributed by atoms with van der Waals surface area (Å²) in [7, 11) is 0. The number of piperidine rings is 1. The van der Waals surface area contributed by atoms with E-state index in [9.17, 15) is 9.59 Å². The van der Waals surface area contributed by atoms with Crippen molar-refractivity contribution in [2.45, 2.75) is 58.5 Å². The molecule has 2 N–H and O–H groups in total. The minimum atomic E-state index is -0.153. The van der Waals surface area contributed by atoms with Gasteiger partial charge in [0.25, 0.3) is 5.91 Å². The maximum Gasteiger partial charge on any atom is 0.267 e. The number of hydrogen-bond donors (Lipinski definition) is 2. The van der Waals surface area contributed by atoms with Crippen LogP contribution in [0.4, 0.5) is 0 Å². The van der Waals surface area contributed by atoms with E-state index < -0.39 is 0 Å². The van der Waals surface area contributed by atoms with Gasteiger partial charge in [-0.15, -0.1) is 0 Å². The molecule has 0 aliphatic carbocycles. The Labute approximate surface area is 161 Å². The maximum absolute atomic E-state index is 12.4. The number of benzene rings is 1. The molecule has 146 valence electrons. The van der Waals surface area contributed by atoms with Crippen LogP contribution in [0, 0.1) is 5.92 Å². The predicted octanol–water partition coefficient (Wildman–Crippen LogP) is 2.23. The van der Waals surface area contributed by atoms with Crippen LogP contribution < -0.4 is 10.7 Å². The summed E-state index contributed by atoms with van der Waals surface area (Å²) < 4.78 is 0. The van der Waals surface area contributed by atoms with Crippen LogP contribution in [0.25, 0.3) is 0 Å². The molecule has 1 atom stereocenters. The molecule has 2 heterocycles. The second-order valence-electron chi connectivity index (χ2n) is 8.06. The second kappa shape index (κ2) is 9.13. The van der Waals surface area contributed by atoms with Crippen molar-refractivity contribution in [1.29, 1.82) is 0 Å². The Morgan fingerprint density at radius 1 is 1.26 bits per heavy atom. The Morgan fingerprint density at radius 3 is 2.67 bits per heavy atom. The van der Waals surface area contributed by atoms with Crippen molar-refractivity contribution in [3.05, 3.63) is 35.4 Å². The normalized spacial score (nSPS) is 20.9. The predicted molar refractivity (Wildman–Crippen MR) is 106 cm³/mol. The molecule has 6 nitrogen and oxygen atoms in total. The van der Waals surface area contributed by atoms with Crippen LogP contribution >= 0.6 is 0 Å². The minimum Gasteiger partial charge on any atom is -0.347 e. The molecule has 0 radical (unpaired) electrons. The lowest BCUT2D eigenvalue weighted by Gasteiger charge is -2.33. The highest BCUT2D eigenvalue weighted by Gasteiger charge is 2.24. The van der Waals surface area contributed by atoms with Gasteiger partial charge < -0.3 is 5.32 Å². The Morgan fingerprint density at radius 2 is 2.00 bits per heavy atom. The van der Waals surface area contributed by atoms with Gasteiger partial charge >= 0.3 is 0 Å². The first-order valence-corrected chi connectivity index (χ1v) is 9.96. The van der Waals surface area contributed by atoms with E-state index in [2.05, 4.69) is 58.9 Å². The summed E-state index contributed by atoms with van der Waals surface area (Å²) in [4.78, 5) is 25.9. The molecule has 1 fully saturated rings. The van der Waals surface area contributed by atoms with Crippen molar-refractivity contribution in [1.82, 2.24) is 15.6 Å². The number of nitrogens with zero attached hydrogens (tertiary/aromatic N) is 2. The summed E-state index contributed by atoms with van der Waals surface area (Å²) in [5.41, 5.74) is 5.51. The van der Waals surface area contributed by atoms with Crippen LogP contribution in [0.2, 0.25) is 0 Å². The molecule has 0 spiro atoms. The summed E-state index contributed by atoms with van der Waals surface area (Å²) in [6.07, 6.45) is 3.91. The standard InChI is InChI=1S/C21H30N4O2/c1-15(2)12-16-5-7-17(8-6-16)13-25-11-3-4-18(14-25)22-21(27)19-9-10-20(26)24-23-19/h5-8,15,18H,3-4,9-14H2,1-2H3,(H,22,27)(H,24,26)/t18-/m0/s1. The minimum absolute atomic E-state index is 0.130. The zero-order valence-corrected chi connectivity index (χ0v) is 16.3. The third kappa shape index (κ3) is 5.89. The highest BCUT2D eigenvalue weighted by atomic mass is 16.2. The fourth-order valence-corrected chi connectivity index (χ4v) is 3.73. The molecular formula is C21H30N4O2. The lowest BCUT2D eigenvalue weighted by Crippen LogP contribution is -2.49. The van der Waals surface area contributed by atoms with Crippen molar-refractivity contribution >= 4 is 17.5 Å². The van der Waals surface area contributed by atoms with Gasteiger partial charge in [-0.2, -0.15) is 5.10 Å². The number of rotatable bonds is 6. The Balaban J connectivity index is 1.50. The van der Waals surface area contributed by atoms with E-state index >= 15 is 0 Å². The van der Waals surface area contributed by atoms with Gasteiger partial charge in [0.2, 0.25) is 5.91 Å². The van der Waals surface area contributed by atoms with Crippen molar-refractivity contribution in [2.75, 3.05) is 13.1 Å². The molecule has 1 saturated heterocycles. The average molecular weight is 370 g/mol. The molecule has 3 rings (SSSR count). The molecule has 1 aromatic carbocycles. The number of hydrazone groups is 1. The fourth-order valence-electron chi connectivity index (χ4n) is 3.73. The molecule has 1 aromatic rings. The fraction of sp³-hybridized carbons (Fsp3) is 0.571. The van der Waals surface area contributed by atoms with Crippen LogP contribution in [-0.2, 0) is 22.6 Å². The molecule has 6 heteroatoms. The molecule has 2 aliphatic rings. The first-order chi connectivity index (χ1) is 13.0. The Hall–Kier alpha value is -2.21. The van der Waals surface area contributed by atoms with E-state index in [0.29, 0.717) is 24.5 Å². The van der Waals surface area contributed by atoms with Crippen molar-refractivity contribution < 1.29 is 9.59 Å². The molecule has 0 aromatic heterocycles. The average Bonchev–Trinajstić information content (AvgIpc) is 2.64. The van der Waals surface area contributed by atoms with Crippen molar-refractivity contribution in [2.24, 2.45) is 11.0 Å². The molecule has 0 saturated carbocycles. The topological polar surface area (TPSA) is 73.8 Å². The van der Waals surface area contributed by atoms with Crippen molar-refractivity contribution in [3.63, 3.8) is 0 Å². The van der Waals surface area contributed by atoms with Crippen LogP contribution in [-0.4, -0.2) is 41.6 Å². The lowest BCUT2D eigenvalue weighted by molar-refractivity contribution is -0.121. The van der Waals surface area contributed by atoms with E-state index in [0.717, 1.165) is 38.9 Å². The van der Waals surface area contributed by atoms with Crippen LogP contribution in [0.3, 0.4) is 0 Å². The zero-order chi connectivity index (χ0) is 19.2. The van der Waals surface area contributed by atoms with E-state index in [4.69, 9.17) is 0 Å². The maximum atomic E-state index is 12.4. The van der Waals surface area contributed by atoms with Gasteiger partial charge in [0.15, 0.2) is 0 Å². The monoisotopic (exact) mass is 370 g/mol. The number of amides is 2. The van der Waals surface area contributed by atoms with Gasteiger partial charge in [-0.25, -0.2) is 5.43 Å². The van der Waals surface area contributed by atoms with Gasteiger partial charge in [-0.05, 0) is 42.9 Å². The third-order valence-corrected chi connectivity index (χ3v) is 5.08. The first-order valence-electron chi connectivity index (χ1n) is 9.96. The van der Waals surface area contributed by atoms with Gasteiger partial charge in [0.1, 0.15) is 5.71 Å². The SMILES string of the molecule is CC(C)Cc1ccc(CN2CCC[C@H](NC(=O)C3=NNC(=O)CC3)C2)cc1. The van der Waals surface area contributed by atoms with Crippen LogP contribution in [0.1, 0.15) is 50.7 Å². The molecular weight excluding hydrogens is 340 g/mol. The molecule has 2 aliphatic heterocycles. The summed E-state index contributed by atoms with van der Waals surface area (Å²) in [5.74, 6) is 0.388. The second-order valence-corrected chi connectivity index (χ2v) is 8.06. The summed E-state index contributed by atoms with van der Waals surface area (Å²) >= 11 is 0. The summed E-state index contributed by atoms with van der Waals surface area (Å²) in [6, 6.07) is 9.03. The highest BCUT2D eigenvalue weighted by Crippen LogP contribution is 2.16. The molecule has 2 amide bonds. The zero-order valence-electron chi connectivity index (χ0n) is 16.3. The van der Waals surface area contributed by atoms with Crippen molar-refractivity contribution in [3.8, 4) is 0 Å². The van der Waals surface area contributed by atoms with E-state index in [-0.39, 0.29) is 17.9 Å². The number of carbonyl (C=O) groups is 2. The van der Waals surface area contributed by atoms with Crippen LogP contribution in [0.5, 0.6) is 0 Å². The third-order valence-electron chi connectivity index (χ3n) is 5.08. The number of likely N-dealkylation sites (tertiary alicyclic amines) is 1. The smallest absolute Gasteiger partial charge is 0.267 e.